The Kier molecular flexibility index (Phi) is 5.60. The average molecular weight is 248 g/mol. The van der Waals surface area contributed by atoms with Crippen LogP contribution in [-0.4, -0.2) is 25.5 Å². The quantitative estimate of drug-likeness (QED) is 0.780. The molecule has 0 atom stereocenters. The summed E-state index contributed by atoms with van der Waals surface area (Å²) in [5.74, 6) is -0.406. The van der Waals surface area contributed by atoms with Crippen LogP contribution in [0.15, 0.2) is 36.4 Å². The van der Waals surface area contributed by atoms with Crippen LogP contribution >= 0.6 is 0 Å². The van der Waals surface area contributed by atoms with Crippen molar-refractivity contribution in [2.45, 2.75) is 6.92 Å². The Morgan fingerprint density at radius 2 is 1.72 bits per heavy atom. The van der Waals surface area contributed by atoms with E-state index in [9.17, 15) is 9.59 Å². The van der Waals surface area contributed by atoms with Gasteiger partial charge >= 0.3 is 0 Å². The van der Waals surface area contributed by atoms with Crippen molar-refractivity contribution in [1.82, 2.24) is 0 Å². The zero-order chi connectivity index (χ0) is 13.4. The van der Waals surface area contributed by atoms with E-state index in [0.717, 1.165) is 0 Å². The first kappa shape index (κ1) is 13.9. The standard InChI is InChI=1S/C13H16N2O3/c1-3-4-12(16)14-10-5-7-11(8-6-10)15-13(17)9-18-2/h3-8H,9H2,1-2H3,(H,14,16)(H,15,17). The molecule has 5 nitrogen and oxygen atoms in total. The highest BCUT2D eigenvalue weighted by Gasteiger charge is 2.02. The van der Waals surface area contributed by atoms with E-state index in [1.807, 2.05) is 0 Å². The fraction of sp³-hybridized carbons (Fsp3) is 0.231. The van der Waals surface area contributed by atoms with Crippen LogP contribution in [0.2, 0.25) is 0 Å². The molecule has 0 aliphatic carbocycles. The molecule has 0 spiro atoms. The normalized spacial score (nSPS) is 10.3. The molecule has 0 heterocycles. The number of allylic oxidation sites excluding steroid dienone is 1. The van der Waals surface area contributed by atoms with Gasteiger partial charge in [0.2, 0.25) is 11.8 Å². The van der Waals surface area contributed by atoms with Crippen molar-refractivity contribution in [3.63, 3.8) is 0 Å². The third kappa shape index (κ3) is 4.80. The topological polar surface area (TPSA) is 67.4 Å². The molecule has 0 saturated heterocycles. The summed E-state index contributed by atoms with van der Waals surface area (Å²) in [6.07, 6.45) is 3.10. The number of hydrogen-bond acceptors (Lipinski definition) is 3. The second-order valence-electron chi connectivity index (χ2n) is 3.55. The SMILES string of the molecule is CC=CC(=O)Nc1ccc(NC(=O)COC)cc1. The number of benzene rings is 1. The predicted octanol–water partition coefficient (Wildman–Crippen LogP) is 1.79. The van der Waals surface area contributed by atoms with Crippen molar-refractivity contribution in [3.8, 4) is 0 Å². The molecule has 18 heavy (non-hydrogen) atoms. The van der Waals surface area contributed by atoms with Crippen molar-refractivity contribution in [2.75, 3.05) is 24.4 Å². The van der Waals surface area contributed by atoms with Gasteiger partial charge in [-0.2, -0.15) is 0 Å². The highest BCUT2D eigenvalue weighted by molar-refractivity contribution is 5.99. The second kappa shape index (κ2) is 7.24. The molecule has 5 heteroatoms. The van der Waals surface area contributed by atoms with E-state index in [2.05, 4.69) is 10.6 Å². The molecule has 96 valence electrons. The van der Waals surface area contributed by atoms with Gasteiger partial charge in [0, 0.05) is 18.5 Å². The molecule has 1 aromatic carbocycles. The molecule has 0 aliphatic heterocycles. The Labute approximate surface area is 106 Å². The Morgan fingerprint density at radius 3 is 2.22 bits per heavy atom. The van der Waals surface area contributed by atoms with Crippen molar-refractivity contribution >= 4 is 23.2 Å². The monoisotopic (exact) mass is 248 g/mol. The summed E-state index contributed by atoms with van der Waals surface area (Å²) in [4.78, 5) is 22.5. The number of rotatable bonds is 5. The maximum Gasteiger partial charge on any atom is 0.250 e. The molecule has 0 saturated carbocycles. The van der Waals surface area contributed by atoms with Gasteiger partial charge in [-0.3, -0.25) is 9.59 Å². The maximum absolute atomic E-state index is 11.3. The Balaban J connectivity index is 2.57. The molecule has 0 unspecified atom stereocenters. The van der Waals surface area contributed by atoms with E-state index in [-0.39, 0.29) is 18.4 Å². The molecule has 1 rings (SSSR count). The number of anilines is 2. The number of hydrogen-bond donors (Lipinski definition) is 2. The maximum atomic E-state index is 11.3. The minimum absolute atomic E-state index is 0.0137. The number of methoxy groups -OCH3 is 1. The highest BCUT2D eigenvalue weighted by atomic mass is 16.5. The number of amides is 2. The van der Waals surface area contributed by atoms with E-state index in [1.165, 1.54) is 13.2 Å². The van der Waals surface area contributed by atoms with Crippen LogP contribution in [-0.2, 0) is 14.3 Å². The molecule has 0 aliphatic rings. The molecule has 2 N–H and O–H groups in total. The lowest BCUT2D eigenvalue weighted by Crippen LogP contribution is -2.17. The van der Waals surface area contributed by atoms with E-state index in [4.69, 9.17) is 4.74 Å². The van der Waals surface area contributed by atoms with Crippen LogP contribution in [0.5, 0.6) is 0 Å². The molecule has 2 amide bonds. The van der Waals surface area contributed by atoms with E-state index in [0.29, 0.717) is 11.4 Å². The van der Waals surface area contributed by atoms with Crippen LogP contribution in [0.1, 0.15) is 6.92 Å². The first-order valence-electron chi connectivity index (χ1n) is 5.48. The van der Waals surface area contributed by atoms with Gasteiger partial charge in [-0.05, 0) is 37.3 Å². The summed E-state index contributed by atoms with van der Waals surface area (Å²) < 4.78 is 4.70. The van der Waals surface area contributed by atoms with Crippen molar-refractivity contribution in [2.24, 2.45) is 0 Å². The third-order valence-electron chi connectivity index (χ3n) is 2.03. The minimum Gasteiger partial charge on any atom is -0.375 e. The van der Waals surface area contributed by atoms with Crippen molar-refractivity contribution < 1.29 is 14.3 Å². The van der Waals surface area contributed by atoms with Crippen LogP contribution in [0.3, 0.4) is 0 Å². The van der Waals surface area contributed by atoms with Gasteiger partial charge in [-0.15, -0.1) is 0 Å². The first-order valence-corrected chi connectivity index (χ1v) is 5.48. The molecule has 1 aromatic rings. The summed E-state index contributed by atoms with van der Waals surface area (Å²) in [6.45, 7) is 1.79. The fourth-order valence-electron chi connectivity index (χ4n) is 1.30. The molecule has 0 aromatic heterocycles. The van der Waals surface area contributed by atoms with Gasteiger partial charge in [-0.25, -0.2) is 0 Å². The average Bonchev–Trinajstić information content (AvgIpc) is 2.32. The van der Waals surface area contributed by atoms with E-state index >= 15 is 0 Å². The predicted molar refractivity (Wildman–Crippen MR) is 70.4 cm³/mol. The lowest BCUT2D eigenvalue weighted by Gasteiger charge is -2.06. The lowest BCUT2D eigenvalue weighted by molar-refractivity contribution is -0.119. The van der Waals surface area contributed by atoms with Crippen LogP contribution in [0.25, 0.3) is 0 Å². The highest BCUT2D eigenvalue weighted by Crippen LogP contribution is 2.13. The van der Waals surface area contributed by atoms with Crippen LogP contribution < -0.4 is 10.6 Å². The largest absolute Gasteiger partial charge is 0.375 e. The number of carbonyl (C=O) groups excluding carboxylic acids is 2. The summed E-state index contributed by atoms with van der Waals surface area (Å²) in [5.41, 5.74) is 1.32. The van der Waals surface area contributed by atoms with E-state index in [1.54, 1.807) is 37.3 Å². The van der Waals surface area contributed by atoms with Gasteiger partial charge in [-0.1, -0.05) is 6.08 Å². The van der Waals surface area contributed by atoms with Gasteiger partial charge in [0.25, 0.3) is 0 Å². The second-order valence-corrected chi connectivity index (χ2v) is 3.55. The number of carbonyl (C=O) groups is 2. The van der Waals surface area contributed by atoms with Crippen LogP contribution in [0.4, 0.5) is 11.4 Å². The van der Waals surface area contributed by atoms with Crippen molar-refractivity contribution in [3.05, 3.63) is 36.4 Å². The van der Waals surface area contributed by atoms with Gasteiger partial charge < -0.3 is 15.4 Å². The molecule has 0 radical (unpaired) electrons. The Hall–Kier alpha value is -2.14. The third-order valence-corrected chi connectivity index (χ3v) is 2.03. The molecular formula is C13H16N2O3. The Morgan fingerprint density at radius 1 is 1.17 bits per heavy atom. The zero-order valence-electron chi connectivity index (χ0n) is 10.4. The van der Waals surface area contributed by atoms with E-state index < -0.39 is 0 Å². The zero-order valence-corrected chi connectivity index (χ0v) is 10.4. The minimum atomic E-state index is -0.219. The van der Waals surface area contributed by atoms with Gasteiger partial charge in [0.15, 0.2) is 0 Å². The summed E-state index contributed by atoms with van der Waals surface area (Å²) in [6, 6.07) is 6.84. The van der Waals surface area contributed by atoms with Crippen LogP contribution in [0, 0.1) is 0 Å². The molecular weight excluding hydrogens is 232 g/mol. The smallest absolute Gasteiger partial charge is 0.250 e. The van der Waals surface area contributed by atoms with Gasteiger partial charge in [0.05, 0.1) is 0 Å². The summed E-state index contributed by atoms with van der Waals surface area (Å²) >= 11 is 0. The Bertz CT molecular complexity index is 438. The summed E-state index contributed by atoms with van der Waals surface area (Å²) in [5, 5.41) is 5.34. The number of nitrogens with one attached hydrogen (secondary N) is 2. The number of ether oxygens (including phenoxy) is 1. The fourth-order valence-corrected chi connectivity index (χ4v) is 1.30. The first-order chi connectivity index (χ1) is 8.65. The summed E-state index contributed by atoms with van der Waals surface area (Å²) in [7, 11) is 1.46. The molecule has 0 bridgehead atoms. The van der Waals surface area contributed by atoms with Gasteiger partial charge in [0.1, 0.15) is 6.61 Å². The molecule has 0 fully saturated rings. The lowest BCUT2D eigenvalue weighted by atomic mass is 10.2. The van der Waals surface area contributed by atoms with Crippen molar-refractivity contribution in [1.29, 1.82) is 0 Å².